The van der Waals surface area contributed by atoms with Crippen LogP contribution in [0.3, 0.4) is 0 Å². The smallest absolute Gasteiger partial charge is 0.305 e. The molecule has 1 aromatic carbocycles. The summed E-state index contributed by atoms with van der Waals surface area (Å²) in [7, 11) is -3.70. The fourth-order valence-electron chi connectivity index (χ4n) is 2.39. The number of nitrogens with zero attached hydrogens (tertiary/aromatic N) is 1. The third kappa shape index (κ3) is 9.69. The summed E-state index contributed by atoms with van der Waals surface area (Å²) in [5.41, 5.74) is 0.176. The van der Waals surface area contributed by atoms with Crippen LogP contribution in [0.15, 0.2) is 18.2 Å². The van der Waals surface area contributed by atoms with Crippen molar-refractivity contribution in [3.05, 3.63) is 38.9 Å². The van der Waals surface area contributed by atoms with E-state index in [0.29, 0.717) is 17.0 Å². The molecule has 0 bridgehead atoms. The standard InChI is InChI=1S/C17H24ClNO7S/c1-3-4-5-6-17(20)25-11-13(12-26-27(2,23)24)9-14-10-15(18)7-8-16(14)19(21)22/h7-8,10,13H,3-6,9,11-12H2,1-2H3/t13-/m0/s1. The molecule has 10 heteroatoms. The number of nitro benzene ring substituents is 1. The van der Waals surface area contributed by atoms with Gasteiger partial charge in [0.25, 0.3) is 15.8 Å². The Kier molecular flexibility index (Phi) is 9.68. The zero-order chi connectivity index (χ0) is 20.4. The summed E-state index contributed by atoms with van der Waals surface area (Å²) in [5.74, 6) is -0.972. The number of hydrogen-bond acceptors (Lipinski definition) is 7. The molecule has 0 aromatic heterocycles. The summed E-state index contributed by atoms with van der Waals surface area (Å²) in [5, 5.41) is 11.5. The van der Waals surface area contributed by atoms with Gasteiger partial charge in [0.2, 0.25) is 0 Å². The normalized spacial score (nSPS) is 12.6. The minimum absolute atomic E-state index is 0.0780. The predicted octanol–water partition coefficient (Wildman–Crippen LogP) is 3.51. The van der Waals surface area contributed by atoms with Crippen molar-refractivity contribution in [3.63, 3.8) is 0 Å². The molecule has 152 valence electrons. The molecule has 0 unspecified atom stereocenters. The summed E-state index contributed by atoms with van der Waals surface area (Å²) in [6.45, 7) is 1.65. The van der Waals surface area contributed by atoms with Crippen LogP contribution in [-0.2, 0) is 30.3 Å². The molecule has 0 saturated carbocycles. The Bertz CT molecular complexity index is 752. The predicted molar refractivity (Wildman–Crippen MR) is 101 cm³/mol. The van der Waals surface area contributed by atoms with Crippen LogP contribution in [0.1, 0.15) is 38.2 Å². The van der Waals surface area contributed by atoms with Gasteiger partial charge in [0.1, 0.15) is 0 Å². The molecule has 0 aliphatic rings. The van der Waals surface area contributed by atoms with E-state index in [4.69, 9.17) is 20.5 Å². The highest BCUT2D eigenvalue weighted by Gasteiger charge is 2.21. The molecular formula is C17H24ClNO7S. The second-order valence-electron chi connectivity index (χ2n) is 6.23. The van der Waals surface area contributed by atoms with Gasteiger partial charge in [0, 0.05) is 29.0 Å². The zero-order valence-electron chi connectivity index (χ0n) is 15.4. The van der Waals surface area contributed by atoms with Crippen LogP contribution in [0.4, 0.5) is 5.69 Å². The molecule has 1 atom stereocenters. The maximum atomic E-state index is 11.8. The highest BCUT2D eigenvalue weighted by atomic mass is 35.5. The number of nitro groups is 1. The average molecular weight is 422 g/mol. The van der Waals surface area contributed by atoms with Gasteiger partial charge in [-0.2, -0.15) is 8.42 Å². The maximum absolute atomic E-state index is 11.8. The number of rotatable bonds is 12. The van der Waals surface area contributed by atoms with Gasteiger partial charge < -0.3 is 4.74 Å². The molecule has 0 fully saturated rings. The first kappa shape index (κ1) is 23.3. The molecule has 0 N–H and O–H groups in total. The van der Waals surface area contributed by atoms with E-state index in [-0.39, 0.29) is 31.7 Å². The molecule has 8 nitrogen and oxygen atoms in total. The number of carbonyl (C=O) groups excluding carboxylic acids is 1. The molecule has 0 aliphatic carbocycles. The topological polar surface area (TPSA) is 113 Å². The molecule has 1 aromatic rings. The third-order valence-electron chi connectivity index (χ3n) is 3.73. The van der Waals surface area contributed by atoms with Crippen molar-refractivity contribution in [1.82, 2.24) is 0 Å². The van der Waals surface area contributed by atoms with E-state index in [0.717, 1.165) is 19.1 Å². The first-order valence-corrected chi connectivity index (χ1v) is 10.7. The lowest BCUT2D eigenvalue weighted by Crippen LogP contribution is -2.23. The molecule has 27 heavy (non-hydrogen) atoms. The minimum atomic E-state index is -3.70. The quantitative estimate of drug-likeness (QED) is 0.167. The van der Waals surface area contributed by atoms with E-state index >= 15 is 0 Å². The Morgan fingerprint density at radius 3 is 2.59 bits per heavy atom. The summed E-state index contributed by atoms with van der Waals surface area (Å²) in [6, 6.07) is 4.12. The molecule has 0 aliphatic heterocycles. The fourth-order valence-corrected chi connectivity index (χ4v) is 3.03. The molecular weight excluding hydrogens is 398 g/mol. The lowest BCUT2D eigenvalue weighted by atomic mass is 9.99. The first-order chi connectivity index (χ1) is 12.6. The highest BCUT2D eigenvalue weighted by Crippen LogP contribution is 2.26. The van der Waals surface area contributed by atoms with Crippen molar-refractivity contribution in [2.24, 2.45) is 5.92 Å². The summed E-state index contributed by atoms with van der Waals surface area (Å²) >= 11 is 5.92. The van der Waals surface area contributed by atoms with E-state index < -0.39 is 26.9 Å². The Labute approximate surface area is 164 Å². The molecule has 0 saturated heterocycles. The number of benzene rings is 1. The van der Waals surface area contributed by atoms with Crippen molar-refractivity contribution >= 4 is 33.4 Å². The Morgan fingerprint density at radius 2 is 2.00 bits per heavy atom. The summed E-state index contributed by atoms with van der Waals surface area (Å²) in [4.78, 5) is 22.4. The Hall–Kier alpha value is -1.71. The Morgan fingerprint density at radius 1 is 1.30 bits per heavy atom. The van der Waals surface area contributed by atoms with E-state index in [9.17, 15) is 23.3 Å². The summed E-state index contributed by atoms with van der Waals surface area (Å²) in [6.07, 6.45) is 3.84. The van der Waals surface area contributed by atoms with Crippen LogP contribution >= 0.6 is 11.6 Å². The molecule has 0 amide bonds. The van der Waals surface area contributed by atoms with Crippen LogP contribution in [0.2, 0.25) is 5.02 Å². The lowest BCUT2D eigenvalue weighted by molar-refractivity contribution is -0.385. The first-order valence-electron chi connectivity index (χ1n) is 8.55. The van der Waals surface area contributed by atoms with Crippen molar-refractivity contribution < 1.29 is 27.1 Å². The van der Waals surface area contributed by atoms with E-state index in [2.05, 4.69) is 0 Å². The van der Waals surface area contributed by atoms with Crippen LogP contribution in [0.25, 0.3) is 0 Å². The minimum Gasteiger partial charge on any atom is -0.465 e. The van der Waals surface area contributed by atoms with Gasteiger partial charge in [-0.3, -0.25) is 19.1 Å². The van der Waals surface area contributed by atoms with E-state index in [1.54, 1.807) is 0 Å². The van der Waals surface area contributed by atoms with Crippen LogP contribution < -0.4 is 0 Å². The number of ether oxygens (including phenoxy) is 1. The highest BCUT2D eigenvalue weighted by molar-refractivity contribution is 7.85. The van der Waals surface area contributed by atoms with Crippen molar-refractivity contribution in [1.29, 1.82) is 0 Å². The second-order valence-corrected chi connectivity index (χ2v) is 8.31. The van der Waals surface area contributed by atoms with Crippen molar-refractivity contribution in [2.75, 3.05) is 19.5 Å². The van der Waals surface area contributed by atoms with Crippen LogP contribution in [0.5, 0.6) is 0 Å². The largest absolute Gasteiger partial charge is 0.465 e. The Balaban J connectivity index is 2.84. The maximum Gasteiger partial charge on any atom is 0.305 e. The van der Waals surface area contributed by atoms with E-state index in [1.807, 2.05) is 6.92 Å². The monoisotopic (exact) mass is 421 g/mol. The van der Waals surface area contributed by atoms with Crippen LogP contribution in [0, 0.1) is 16.0 Å². The number of hydrogen-bond donors (Lipinski definition) is 0. The fraction of sp³-hybridized carbons (Fsp3) is 0.588. The second kappa shape index (κ2) is 11.2. The van der Waals surface area contributed by atoms with Crippen molar-refractivity contribution in [3.8, 4) is 0 Å². The van der Waals surface area contributed by atoms with Gasteiger partial charge in [0.05, 0.1) is 24.4 Å². The average Bonchev–Trinajstić information content (AvgIpc) is 2.56. The third-order valence-corrected chi connectivity index (χ3v) is 4.53. The SMILES string of the molecule is CCCCCC(=O)OC[C@@H](COS(C)(=O)=O)Cc1cc(Cl)ccc1[N+](=O)[O-]. The van der Waals surface area contributed by atoms with Gasteiger partial charge >= 0.3 is 5.97 Å². The van der Waals surface area contributed by atoms with Gasteiger partial charge in [-0.1, -0.05) is 31.4 Å². The molecule has 0 heterocycles. The van der Waals surface area contributed by atoms with Gasteiger partial charge in [-0.05, 0) is 25.0 Å². The van der Waals surface area contributed by atoms with Crippen LogP contribution in [-0.4, -0.2) is 38.8 Å². The molecule has 0 spiro atoms. The summed E-state index contributed by atoms with van der Waals surface area (Å²) < 4.78 is 32.5. The van der Waals surface area contributed by atoms with E-state index in [1.165, 1.54) is 18.2 Å². The molecule has 1 rings (SSSR count). The number of carbonyl (C=O) groups is 1. The lowest BCUT2D eigenvalue weighted by Gasteiger charge is -2.17. The van der Waals surface area contributed by atoms with Crippen molar-refractivity contribution in [2.45, 2.75) is 39.0 Å². The number of halogens is 1. The molecule has 0 radical (unpaired) electrons. The number of esters is 1. The van der Waals surface area contributed by atoms with Gasteiger partial charge in [-0.15, -0.1) is 0 Å². The number of unbranched alkanes of at least 4 members (excludes halogenated alkanes) is 2. The van der Waals surface area contributed by atoms with Gasteiger partial charge in [-0.25, -0.2) is 0 Å². The van der Waals surface area contributed by atoms with Gasteiger partial charge in [0.15, 0.2) is 0 Å². The zero-order valence-corrected chi connectivity index (χ0v) is 16.9.